The molecule has 1 aromatic rings. The molecule has 1 atom stereocenters. The molecule has 1 unspecified atom stereocenters. The number of halogens is 1. The number of aromatic nitrogens is 1. The maximum absolute atomic E-state index is 12.2. The minimum Gasteiger partial charge on any atom is -0.384 e. The van der Waals surface area contributed by atoms with Crippen LogP contribution in [0.3, 0.4) is 0 Å². The Labute approximate surface area is 113 Å². The van der Waals surface area contributed by atoms with Gasteiger partial charge in [0.2, 0.25) is 10.0 Å². The van der Waals surface area contributed by atoms with Crippen molar-refractivity contribution in [2.45, 2.75) is 11.8 Å². The first-order valence-corrected chi connectivity index (χ1v) is 7.25. The summed E-state index contributed by atoms with van der Waals surface area (Å²) >= 11 is 5.75. The highest BCUT2D eigenvalue weighted by molar-refractivity contribution is 7.89. The molecule has 5 nitrogen and oxygen atoms in total. The minimum atomic E-state index is -3.54. The van der Waals surface area contributed by atoms with Crippen LogP contribution in [0.25, 0.3) is 0 Å². The van der Waals surface area contributed by atoms with Crippen molar-refractivity contribution in [2.75, 3.05) is 27.3 Å². The lowest BCUT2D eigenvalue weighted by atomic mass is 10.2. The second-order valence-electron chi connectivity index (χ2n) is 4.18. The summed E-state index contributed by atoms with van der Waals surface area (Å²) in [6.45, 7) is 2.81. The highest BCUT2D eigenvalue weighted by Crippen LogP contribution is 2.18. The van der Waals surface area contributed by atoms with Crippen LogP contribution in [0.5, 0.6) is 0 Å². The van der Waals surface area contributed by atoms with Crippen LogP contribution in [-0.4, -0.2) is 45.0 Å². The van der Waals surface area contributed by atoms with E-state index in [-0.39, 0.29) is 10.8 Å². The van der Waals surface area contributed by atoms with Gasteiger partial charge < -0.3 is 4.74 Å². The van der Waals surface area contributed by atoms with E-state index >= 15 is 0 Å². The molecule has 0 fully saturated rings. The van der Waals surface area contributed by atoms with Crippen LogP contribution < -0.4 is 0 Å². The van der Waals surface area contributed by atoms with E-state index in [4.69, 9.17) is 16.3 Å². The number of ether oxygens (including phenoxy) is 1. The van der Waals surface area contributed by atoms with Gasteiger partial charge in [0.25, 0.3) is 0 Å². The molecule has 0 spiro atoms. The van der Waals surface area contributed by atoms with E-state index in [1.54, 1.807) is 7.11 Å². The van der Waals surface area contributed by atoms with Gasteiger partial charge in [0.15, 0.2) is 0 Å². The molecule has 0 bridgehead atoms. The number of nitrogens with zero attached hydrogens (tertiary/aromatic N) is 2. The van der Waals surface area contributed by atoms with E-state index < -0.39 is 10.0 Å². The molecule has 1 heterocycles. The summed E-state index contributed by atoms with van der Waals surface area (Å²) < 4.78 is 30.7. The second kappa shape index (κ2) is 6.47. The first-order chi connectivity index (χ1) is 8.37. The van der Waals surface area contributed by atoms with Gasteiger partial charge in [-0.3, -0.25) is 4.98 Å². The molecule has 0 saturated heterocycles. The molecule has 102 valence electrons. The number of rotatable bonds is 6. The Kier molecular flexibility index (Phi) is 5.52. The van der Waals surface area contributed by atoms with E-state index in [1.807, 2.05) is 6.92 Å². The second-order valence-corrected chi connectivity index (χ2v) is 6.67. The maximum Gasteiger partial charge on any atom is 0.244 e. The molecule has 0 saturated carbocycles. The summed E-state index contributed by atoms with van der Waals surface area (Å²) in [5, 5.41) is 0.300. The highest BCUT2D eigenvalue weighted by atomic mass is 35.5. The molecule has 0 aliphatic carbocycles. The fourth-order valence-electron chi connectivity index (χ4n) is 1.59. The number of hydrogen-bond donors (Lipinski definition) is 0. The van der Waals surface area contributed by atoms with Gasteiger partial charge in [-0.25, -0.2) is 12.7 Å². The van der Waals surface area contributed by atoms with Crippen molar-refractivity contribution in [3.63, 3.8) is 0 Å². The Bertz CT molecular complexity index is 493. The SMILES string of the molecule is COCC(C)CN(C)S(=O)(=O)c1cncc(Cl)c1. The quantitative estimate of drug-likeness (QED) is 0.800. The third kappa shape index (κ3) is 3.91. The summed E-state index contributed by atoms with van der Waals surface area (Å²) in [6.07, 6.45) is 2.69. The average molecular weight is 293 g/mol. The number of methoxy groups -OCH3 is 1. The topological polar surface area (TPSA) is 59.5 Å². The van der Waals surface area contributed by atoms with Gasteiger partial charge in [-0.05, 0) is 12.0 Å². The smallest absolute Gasteiger partial charge is 0.244 e. The number of pyridine rings is 1. The van der Waals surface area contributed by atoms with Gasteiger partial charge in [-0.2, -0.15) is 0 Å². The zero-order chi connectivity index (χ0) is 13.8. The third-order valence-corrected chi connectivity index (χ3v) is 4.40. The monoisotopic (exact) mass is 292 g/mol. The molecule has 0 radical (unpaired) electrons. The Morgan fingerprint density at radius 1 is 1.50 bits per heavy atom. The summed E-state index contributed by atoms with van der Waals surface area (Å²) in [4.78, 5) is 3.89. The standard InChI is InChI=1S/C11H17ClN2O3S/c1-9(8-17-3)7-14(2)18(15,16)11-4-10(12)5-13-6-11/h4-6,9H,7-8H2,1-3H3. The first kappa shape index (κ1) is 15.4. The summed E-state index contributed by atoms with van der Waals surface area (Å²) in [6, 6.07) is 1.39. The van der Waals surface area contributed by atoms with Gasteiger partial charge in [-0.1, -0.05) is 18.5 Å². The van der Waals surface area contributed by atoms with Crippen LogP contribution in [0.15, 0.2) is 23.4 Å². The van der Waals surface area contributed by atoms with Crippen LogP contribution in [0, 0.1) is 5.92 Å². The molecular weight excluding hydrogens is 276 g/mol. The van der Waals surface area contributed by atoms with Crippen LogP contribution in [-0.2, 0) is 14.8 Å². The predicted octanol–water partition coefficient (Wildman–Crippen LogP) is 1.64. The zero-order valence-electron chi connectivity index (χ0n) is 10.6. The Balaban J connectivity index is 2.86. The molecule has 7 heteroatoms. The van der Waals surface area contributed by atoms with Gasteiger partial charge in [0.1, 0.15) is 4.90 Å². The zero-order valence-corrected chi connectivity index (χ0v) is 12.2. The minimum absolute atomic E-state index is 0.0992. The van der Waals surface area contributed by atoms with Crippen LogP contribution in [0.2, 0.25) is 5.02 Å². The summed E-state index contributed by atoms with van der Waals surface area (Å²) in [7, 11) is -0.425. The van der Waals surface area contributed by atoms with E-state index in [0.29, 0.717) is 18.2 Å². The molecule has 0 aromatic carbocycles. The fraction of sp³-hybridized carbons (Fsp3) is 0.545. The van der Waals surface area contributed by atoms with Crippen molar-refractivity contribution in [3.05, 3.63) is 23.5 Å². The lowest BCUT2D eigenvalue weighted by molar-refractivity contribution is 0.151. The lowest BCUT2D eigenvalue weighted by Crippen LogP contribution is -2.32. The molecule has 0 aliphatic rings. The molecule has 0 amide bonds. The molecule has 1 aromatic heterocycles. The molecule has 18 heavy (non-hydrogen) atoms. The van der Waals surface area contributed by atoms with Crippen molar-refractivity contribution in [1.82, 2.24) is 9.29 Å². The third-order valence-electron chi connectivity index (χ3n) is 2.41. The van der Waals surface area contributed by atoms with Crippen LogP contribution in [0.1, 0.15) is 6.92 Å². The van der Waals surface area contributed by atoms with Crippen molar-refractivity contribution in [3.8, 4) is 0 Å². The maximum atomic E-state index is 12.2. The van der Waals surface area contributed by atoms with Crippen molar-refractivity contribution in [2.24, 2.45) is 5.92 Å². The van der Waals surface area contributed by atoms with Gasteiger partial charge in [0, 0.05) is 39.7 Å². The summed E-state index contributed by atoms with van der Waals surface area (Å²) in [5.41, 5.74) is 0. The van der Waals surface area contributed by atoms with Crippen molar-refractivity contribution >= 4 is 21.6 Å². The van der Waals surface area contributed by atoms with E-state index in [2.05, 4.69) is 4.98 Å². The fourth-order valence-corrected chi connectivity index (χ4v) is 3.11. The van der Waals surface area contributed by atoms with E-state index in [1.165, 1.54) is 29.8 Å². The molecule has 0 aliphatic heterocycles. The highest BCUT2D eigenvalue weighted by Gasteiger charge is 2.22. The van der Waals surface area contributed by atoms with Gasteiger partial charge in [-0.15, -0.1) is 0 Å². The van der Waals surface area contributed by atoms with Gasteiger partial charge in [0.05, 0.1) is 5.02 Å². The largest absolute Gasteiger partial charge is 0.384 e. The summed E-state index contributed by atoms with van der Waals surface area (Å²) in [5.74, 6) is 0.113. The predicted molar refractivity (Wildman–Crippen MR) is 70.1 cm³/mol. The Hall–Kier alpha value is -0.690. The van der Waals surface area contributed by atoms with Crippen LogP contribution >= 0.6 is 11.6 Å². The van der Waals surface area contributed by atoms with Crippen molar-refractivity contribution < 1.29 is 13.2 Å². The van der Waals surface area contributed by atoms with E-state index in [0.717, 1.165) is 0 Å². The molecular formula is C11H17ClN2O3S. The van der Waals surface area contributed by atoms with Crippen molar-refractivity contribution in [1.29, 1.82) is 0 Å². The van der Waals surface area contributed by atoms with E-state index in [9.17, 15) is 8.42 Å². The first-order valence-electron chi connectivity index (χ1n) is 5.43. The molecule has 0 N–H and O–H groups in total. The Morgan fingerprint density at radius 2 is 2.17 bits per heavy atom. The van der Waals surface area contributed by atoms with Gasteiger partial charge >= 0.3 is 0 Å². The Morgan fingerprint density at radius 3 is 2.72 bits per heavy atom. The number of sulfonamides is 1. The normalized spacial score (nSPS) is 13.8. The number of hydrogen-bond acceptors (Lipinski definition) is 4. The lowest BCUT2D eigenvalue weighted by Gasteiger charge is -2.20. The average Bonchev–Trinajstić information content (AvgIpc) is 2.29. The molecule has 1 rings (SSSR count). The van der Waals surface area contributed by atoms with Crippen LogP contribution in [0.4, 0.5) is 0 Å².